The van der Waals surface area contributed by atoms with Crippen LogP contribution in [0, 0.1) is 5.41 Å². The number of hydrogen-bond donors (Lipinski definition) is 2. The number of hydrogen-bond acceptors (Lipinski definition) is 2. The predicted octanol–water partition coefficient (Wildman–Crippen LogP) is 2.80. The monoisotopic (exact) mass is 277 g/mol. The highest BCUT2D eigenvalue weighted by atomic mass is 16.4. The molecule has 1 aromatic rings. The van der Waals surface area contributed by atoms with Crippen molar-refractivity contribution in [3.63, 3.8) is 0 Å². The van der Waals surface area contributed by atoms with Gasteiger partial charge in [-0.25, -0.2) is 0 Å². The number of carbonyl (C=O) groups is 2. The molecule has 0 aliphatic carbocycles. The Hall–Kier alpha value is -1.84. The molecule has 0 aromatic heterocycles. The van der Waals surface area contributed by atoms with Gasteiger partial charge in [-0.2, -0.15) is 0 Å². The fraction of sp³-hybridized carbons (Fsp3) is 0.500. The molecule has 0 bridgehead atoms. The van der Waals surface area contributed by atoms with Crippen LogP contribution in [-0.2, 0) is 9.59 Å². The lowest BCUT2D eigenvalue weighted by atomic mass is 9.82. The fourth-order valence-electron chi connectivity index (χ4n) is 2.18. The summed E-state index contributed by atoms with van der Waals surface area (Å²) in [7, 11) is 0. The van der Waals surface area contributed by atoms with E-state index in [0.717, 1.165) is 5.56 Å². The first kappa shape index (κ1) is 16.2. The number of nitrogens with one attached hydrogen (secondary N) is 1. The molecule has 1 aromatic carbocycles. The molecule has 4 nitrogen and oxygen atoms in total. The van der Waals surface area contributed by atoms with E-state index in [1.54, 1.807) is 0 Å². The molecule has 0 aliphatic heterocycles. The Balaban J connectivity index is 2.69. The first-order valence-corrected chi connectivity index (χ1v) is 7.03. The van der Waals surface area contributed by atoms with Crippen LogP contribution in [0.5, 0.6) is 0 Å². The van der Waals surface area contributed by atoms with Crippen LogP contribution in [0.4, 0.5) is 0 Å². The Kier molecular flexibility index (Phi) is 5.74. The van der Waals surface area contributed by atoms with Crippen molar-refractivity contribution in [2.75, 3.05) is 6.54 Å². The van der Waals surface area contributed by atoms with Gasteiger partial charge in [0.1, 0.15) is 0 Å². The maximum absolute atomic E-state index is 12.1. The van der Waals surface area contributed by atoms with E-state index in [4.69, 9.17) is 0 Å². The Labute approximate surface area is 120 Å². The van der Waals surface area contributed by atoms with Crippen molar-refractivity contribution in [1.82, 2.24) is 5.32 Å². The lowest BCUT2D eigenvalue weighted by Crippen LogP contribution is -2.43. The van der Waals surface area contributed by atoms with Crippen LogP contribution in [0.25, 0.3) is 0 Å². The third kappa shape index (κ3) is 3.59. The Bertz CT molecular complexity index is 452. The summed E-state index contributed by atoms with van der Waals surface area (Å²) in [5.74, 6) is -1.27. The van der Waals surface area contributed by atoms with Gasteiger partial charge in [0, 0.05) is 6.54 Å². The van der Waals surface area contributed by atoms with Gasteiger partial charge in [-0.1, -0.05) is 44.2 Å². The first-order valence-electron chi connectivity index (χ1n) is 7.03. The van der Waals surface area contributed by atoms with Crippen LogP contribution in [0.15, 0.2) is 30.3 Å². The number of aliphatic carboxylic acids is 1. The number of carboxylic acids is 1. The maximum atomic E-state index is 12.1. The molecule has 4 heteroatoms. The van der Waals surface area contributed by atoms with E-state index in [0.29, 0.717) is 12.8 Å². The van der Waals surface area contributed by atoms with E-state index in [9.17, 15) is 14.7 Å². The van der Waals surface area contributed by atoms with E-state index >= 15 is 0 Å². The summed E-state index contributed by atoms with van der Waals surface area (Å²) < 4.78 is 0. The summed E-state index contributed by atoms with van der Waals surface area (Å²) in [5.41, 5.74) is 0.0606. The minimum Gasteiger partial charge on any atom is -0.481 e. The van der Waals surface area contributed by atoms with Gasteiger partial charge in [-0.05, 0) is 25.3 Å². The number of amides is 1. The molecule has 1 rings (SSSR count). The zero-order valence-corrected chi connectivity index (χ0v) is 12.3. The molecular formula is C16H23NO3. The molecular weight excluding hydrogens is 254 g/mol. The van der Waals surface area contributed by atoms with Crippen LogP contribution in [0.3, 0.4) is 0 Å². The average Bonchev–Trinajstić information content (AvgIpc) is 2.48. The van der Waals surface area contributed by atoms with Crippen molar-refractivity contribution < 1.29 is 14.7 Å². The largest absolute Gasteiger partial charge is 0.481 e. The van der Waals surface area contributed by atoms with Gasteiger partial charge >= 0.3 is 5.97 Å². The van der Waals surface area contributed by atoms with E-state index < -0.39 is 11.4 Å². The minimum absolute atomic E-state index is 0.135. The zero-order valence-electron chi connectivity index (χ0n) is 12.3. The van der Waals surface area contributed by atoms with Crippen molar-refractivity contribution in [2.45, 2.75) is 39.5 Å². The predicted molar refractivity (Wildman–Crippen MR) is 78.5 cm³/mol. The van der Waals surface area contributed by atoms with E-state index in [1.165, 1.54) is 0 Å². The second-order valence-electron chi connectivity index (χ2n) is 5.14. The van der Waals surface area contributed by atoms with Gasteiger partial charge in [-0.3, -0.25) is 9.59 Å². The third-order valence-corrected chi connectivity index (χ3v) is 4.10. The summed E-state index contributed by atoms with van der Waals surface area (Å²) in [6.07, 6.45) is 0.998. The van der Waals surface area contributed by atoms with Gasteiger partial charge in [0.2, 0.25) is 5.91 Å². The molecule has 0 unspecified atom stereocenters. The van der Waals surface area contributed by atoms with Crippen molar-refractivity contribution >= 4 is 11.9 Å². The lowest BCUT2D eigenvalue weighted by Gasteiger charge is -2.27. The van der Waals surface area contributed by atoms with Crippen LogP contribution >= 0.6 is 0 Å². The molecule has 0 saturated heterocycles. The van der Waals surface area contributed by atoms with Crippen LogP contribution < -0.4 is 5.32 Å². The van der Waals surface area contributed by atoms with Crippen LogP contribution in [0.2, 0.25) is 0 Å². The smallest absolute Gasteiger partial charge is 0.311 e. The van der Waals surface area contributed by atoms with Crippen molar-refractivity contribution in [3.8, 4) is 0 Å². The maximum Gasteiger partial charge on any atom is 0.311 e. The second kappa shape index (κ2) is 7.08. The van der Waals surface area contributed by atoms with Gasteiger partial charge in [0.05, 0.1) is 11.3 Å². The normalized spacial score (nSPS) is 12.8. The molecule has 0 radical (unpaired) electrons. The summed E-state index contributed by atoms with van der Waals surface area (Å²) in [6.45, 7) is 5.67. The Morgan fingerprint density at radius 2 is 1.75 bits per heavy atom. The Morgan fingerprint density at radius 1 is 1.20 bits per heavy atom. The second-order valence-corrected chi connectivity index (χ2v) is 5.14. The molecule has 0 saturated carbocycles. The van der Waals surface area contributed by atoms with E-state index in [-0.39, 0.29) is 18.4 Å². The molecule has 2 N–H and O–H groups in total. The third-order valence-electron chi connectivity index (χ3n) is 4.10. The van der Waals surface area contributed by atoms with Crippen molar-refractivity contribution in [3.05, 3.63) is 35.9 Å². The molecule has 1 atom stereocenters. The Morgan fingerprint density at radius 3 is 2.20 bits per heavy atom. The highest BCUT2D eigenvalue weighted by Crippen LogP contribution is 2.26. The molecule has 0 aliphatic rings. The van der Waals surface area contributed by atoms with Crippen LogP contribution in [-0.4, -0.2) is 23.5 Å². The van der Waals surface area contributed by atoms with E-state index in [2.05, 4.69) is 5.32 Å². The van der Waals surface area contributed by atoms with Gasteiger partial charge in [0.25, 0.3) is 0 Å². The molecule has 0 fully saturated rings. The van der Waals surface area contributed by atoms with E-state index in [1.807, 2.05) is 51.1 Å². The number of benzene rings is 1. The van der Waals surface area contributed by atoms with Crippen molar-refractivity contribution in [2.24, 2.45) is 5.41 Å². The molecule has 110 valence electrons. The summed E-state index contributed by atoms with van der Waals surface area (Å²) in [4.78, 5) is 23.5. The quantitative estimate of drug-likeness (QED) is 0.805. The molecule has 0 heterocycles. The van der Waals surface area contributed by atoms with Crippen molar-refractivity contribution in [1.29, 1.82) is 0 Å². The average molecular weight is 277 g/mol. The summed E-state index contributed by atoms with van der Waals surface area (Å²) in [5, 5.41) is 12.1. The zero-order chi connectivity index (χ0) is 15.2. The minimum atomic E-state index is -0.869. The summed E-state index contributed by atoms with van der Waals surface area (Å²) >= 11 is 0. The highest BCUT2D eigenvalue weighted by Gasteiger charge is 2.35. The topological polar surface area (TPSA) is 66.4 Å². The fourth-order valence-corrected chi connectivity index (χ4v) is 2.18. The number of carbonyl (C=O) groups excluding carboxylic acids is 1. The highest BCUT2D eigenvalue weighted by molar-refractivity contribution is 5.84. The SMILES string of the molecule is CCC(CC)(CNC(=O)[C@@H](C)c1ccccc1)C(=O)O. The number of rotatable bonds is 7. The molecule has 20 heavy (non-hydrogen) atoms. The molecule has 0 spiro atoms. The molecule has 1 amide bonds. The standard InChI is InChI=1S/C16H23NO3/c1-4-16(5-2,15(19)20)11-17-14(18)12(3)13-9-7-6-8-10-13/h6-10,12H,4-5,11H2,1-3H3,(H,17,18)(H,19,20)/t12-/m0/s1. The first-order chi connectivity index (χ1) is 9.46. The summed E-state index contributed by atoms with van der Waals surface area (Å²) in [6, 6.07) is 9.47. The number of carboxylic acid groups (broad SMARTS) is 1. The van der Waals surface area contributed by atoms with Gasteiger partial charge < -0.3 is 10.4 Å². The van der Waals surface area contributed by atoms with Crippen LogP contribution in [0.1, 0.15) is 45.1 Å². The van der Waals surface area contributed by atoms with Gasteiger partial charge in [0.15, 0.2) is 0 Å². The lowest BCUT2D eigenvalue weighted by molar-refractivity contribution is -0.149. The van der Waals surface area contributed by atoms with Gasteiger partial charge in [-0.15, -0.1) is 0 Å².